The highest BCUT2D eigenvalue weighted by molar-refractivity contribution is 6.01. The Balaban J connectivity index is 1.48. The largest absolute Gasteiger partial charge is 0.491 e. The van der Waals surface area contributed by atoms with Gasteiger partial charge in [0.2, 0.25) is 0 Å². The van der Waals surface area contributed by atoms with E-state index < -0.39 is 71.9 Å². The van der Waals surface area contributed by atoms with E-state index >= 15 is 4.39 Å². The minimum atomic E-state index is -5.40. The highest BCUT2D eigenvalue weighted by Crippen LogP contribution is 2.68. The molecule has 0 N–H and O–H groups in total. The first-order chi connectivity index (χ1) is 19.1. The molecule has 12 heteroatoms. The van der Waals surface area contributed by atoms with Crippen molar-refractivity contribution in [1.82, 2.24) is 0 Å². The maximum absolute atomic E-state index is 17.0. The summed E-state index contributed by atoms with van der Waals surface area (Å²) in [5.41, 5.74) is -2.26. The lowest BCUT2D eigenvalue weighted by molar-refractivity contribution is -0.280. The summed E-state index contributed by atoms with van der Waals surface area (Å²) in [5, 5.41) is 0. The molecule has 0 bridgehead atoms. The molecule has 0 radical (unpaired) electrons. The molecule has 4 aliphatic rings. The number of esters is 2. The first-order valence-electron chi connectivity index (χ1n) is 13.8. The molecule has 8 nitrogen and oxygen atoms in total. The maximum atomic E-state index is 17.0. The van der Waals surface area contributed by atoms with Crippen molar-refractivity contribution >= 4 is 23.5 Å². The fraction of sp³-hybridized carbons (Fsp3) is 0.724. The lowest BCUT2D eigenvalue weighted by atomic mass is 9.46. The fourth-order valence-corrected chi connectivity index (χ4v) is 7.78. The second-order valence-electron chi connectivity index (χ2n) is 11.9. The highest BCUT2D eigenvalue weighted by Gasteiger charge is 2.67. The van der Waals surface area contributed by atoms with Gasteiger partial charge in [-0.15, -0.1) is 0 Å². The van der Waals surface area contributed by atoms with E-state index in [1.165, 1.54) is 13.0 Å². The number of rotatable bonds is 9. The van der Waals surface area contributed by atoms with Gasteiger partial charge < -0.3 is 18.9 Å². The Bertz CT molecular complexity index is 1160. The van der Waals surface area contributed by atoms with Crippen molar-refractivity contribution in [3.8, 4) is 0 Å². The van der Waals surface area contributed by atoms with Crippen LogP contribution in [0.2, 0.25) is 0 Å². The number of ketones is 2. The number of methoxy groups -OCH3 is 1. The van der Waals surface area contributed by atoms with Crippen molar-refractivity contribution in [3.05, 3.63) is 23.8 Å². The Labute approximate surface area is 235 Å². The van der Waals surface area contributed by atoms with Crippen LogP contribution in [0.1, 0.15) is 65.7 Å². The zero-order chi connectivity index (χ0) is 30.4. The molecule has 0 aliphatic heterocycles. The number of allylic oxidation sites excluding steroid dienone is 4. The minimum Gasteiger partial charge on any atom is -0.453 e. The van der Waals surface area contributed by atoms with Crippen molar-refractivity contribution in [2.75, 3.05) is 20.5 Å². The predicted octanol–water partition coefficient (Wildman–Crippen LogP) is 4.95. The number of Topliss-reactive ketones (excluding diaryl/α,β-unsaturated/α-hetero) is 1. The summed E-state index contributed by atoms with van der Waals surface area (Å²) in [5.74, 6) is -8.49. The average molecular weight is 589 g/mol. The molecule has 4 rings (SSSR count). The first-order valence-corrected chi connectivity index (χ1v) is 13.8. The molecule has 0 amide bonds. The lowest BCUT2D eigenvalue weighted by Crippen LogP contribution is -2.60. The number of ether oxygens (including phenoxy) is 4. The zero-order valence-corrected chi connectivity index (χ0v) is 23.6. The van der Waals surface area contributed by atoms with Gasteiger partial charge >= 0.3 is 23.9 Å². The molecule has 4 aliphatic carbocycles. The van der Waals surface area contributed by atoms with Crippen molar-refractivity contribution < 1.29 is 55.7 Å². The van der Waals surface area contributed by atoms with Crippen molar-refractivity contribution in [2.45, 2.75) is 83.3 Å². The fourth-order valence-electron chi connectivity index (χ4n) is 7.78. The summed E-state index contributed by atoms with van der Waals surface area (Å²) in [6, 6.07) is 0. The van der Waals surface area contributed by atoms with E-state index in [-0.39, 0.29) is 24.0 Å². The van der Waals surface area contributed by atoms with Crippen LogP contribution in [0.4, 0.5) is 17.6 Å². The number of alkyl halides is 4. The van der Waals surface area contributed by atoms with E-state index in [9.17, 15) is 32.3 Å². The number of carbonyl (C=O) groups excluding carboxylic acids is 4. The molecule has 0 aromatic carbocycles. The molecular formula is C29H36F4O8. The second-order valence-corrected chi connectivity index (χ2v) is 11.9. The standard InChI is InChI=1S/C29H36F4O8/c1-5-28(40-16-38-4,41-24(37)29(31,32)33)23(36)39-15-22(35)21-9-8-19-20-7-6-17-14-18(34)10-11-26(17,3)27(20,30)13-12-25(19,21)2/h10-11,14,19-21H,5-9,12-13,15-16H2,1-4H3/t19-,20-,21+,25-,26-,27+,28?/m0/s1. The zero-order valence-electron chi connectivity index (χ0n) is 23.6. The summed E-state index contributed by atoms with van der Waals surface area (Å²) in [7, 11) is 1.15. The third-order valence-electron chi connectivity index (χ3n) is 10.1. The van der Waals surface area contributed by atoms with Crippen LogP contribution in [-0.4, -0.2) is 61.6 Å². The third kappa shape index (κ3) is 5.15. The lowest BCUT2D eigenvalue weighted by Gasteiger charge is -2.60. The summed E-state index contributed by atoms with van der Waals surface area (Å²) in [6.07, 6.45) is 1.48. The molecule has 0 saturated heterocycles. The molecule has 0 aromatic rings. The van der Waals surface area contributed by atoms with Crippen LogP contribution in [-0.2, 0) is 38.1 Å². The van der Waals surface area contributed by atoms with Gasteiger partial charge in [-0.3, -0.25) is 9.59 Å². The Kier molecular flexibility index (Phi) is 8.34. The monoisotopic (exact) mass is 588 g/mol. The number of hydrogen-bond acceptors (Lipinski definition) is 8. The van der Waals surface area contributed by atoms with Crippen LogP contribution >= 0.6 is 0 Å². The number of fused-ring (bicyclic) bond motifs is 5. The molecule has 0 heterocycles. The molecule has 1 unspecified atom stereocenters. The molecule has 41 heavy (non-hydrogen) atoms. The van der Waals surface area contributed by atoms with Crippen LogP contribution in [0, 0.1) is 28.6 Å². The van der Waals surface area contributed by atoms with Gasteiger partial charge in [-0.25, -0.2) is 14.0 Å². The normalized spacial score (nSPS) is 35.9. The molecule has 3 fully saturated rings. The van der Waals surface area contributed by atoms with Gasteiger partial charge in [0.25, 0.3) is 0 Å². The van der Waals surface area contributed by atoms with Crippen LogP contribution in [0.25, 0.3) is 0 Å². The summed E-state index contributed by atoms with van der Waals surface area (Å²) >= 11 is 0. The van der Waals surface area contributed by atoms with Gasteiger partial charge in [0, 0.05) is 24.9 Å². The Hall–Kier alpha value is -2.60. The van der Waals surface area contributed by atoms with E-state index in [0.29, 0.717) is 32.1 Å². The van der Waals surface area contributed by atoms with Crippen molar-refractivity contribution in [1.29, 1.82) is 0 Å². The topological polar surface area (TPSA) is 105 Å². The van der Waals surface area contributed by atoms with Gasteiger partial charge in [0.05, 0.1) is 0 Å². The van der Waals surface area contributed by atoms with Crippen molar-refractivity contribution in [2.24, 2.45) is 28.6 Å². The van der Waals surface area contributed by atoms with E-state index in [4.69, 9.17) is 9.47 Å². The third-order valence-corrected chi connectivity index (χ3v) is 10.1. The Morgan fingerprint density at radius 3 is 2.39 bits per heavy atom. The van der Waals surface area contributed by atoms with Crippen LogP contribution < -0.4 is 0 Å². The van der Waals surface area contributed by atoms with E-state index in [2.05, 4.69) is 9.47 Å². The summed E-state index contributed by atoms with van der Waals surface area (Å²) in [6.45, 7) is 3.58. The van der Waals surface area contributed by atoms with Gasteiger partial charge in [0.15, 0.2) is 25.0 Å². The second kappa shape index (κ2) is 10.9. The molecule has 228 valence electrons. The van der Waals surface area contributed by atoms with Crippen LogP contribution in [0.3, 0.4) is 0 Å². The van der Waals surface area contributed by atoms with E-state index in [0.717, 1.165) is 12.7 Å². The van der Waals surface area contributed by atoms with Crippen LogP contribution in [0.15, 0.2) is 23.8 Å². The molecule has 0 spiro atoms. The SMILES string of the molecule is CCC(OCOC)(OC(=O)C(F)(F)F)C(=O)OCC(=O)[C@H]1CC[C@H]2[C@@H]3CCC4=CC(=O)C=C[C@]4(C)[C@@]3(F)CC[C@]12C. The van der Waals surface area contributed by atoms with Gasteiger partial charge in [-0.05, 0) is 74.9 Å². The van der Waals surface area contributed by atoms with Gasteiger partial charge in [0.1, 0.15) is 5.67 Å². The first kappa shape index (κ1) is 31.3. The number of carbonyl (C=O) groups is 4. The quantitative estimate of drug-likeness (QED) is 0.212. The Morgan fingerprint density at radius 1 is 1.05 bits per heavy atom. The van der Waals surface area contributed by atoms with Gasteiger partial charge in [-0.2, -0.15) is 13.2 Å². The van der Waals surface area contributed by atoms with Crippen molar-refractivity contribution in [3.63, 3.8) is 0 Å². The maximum Gasteiger partial charge on any atom is 0.491 e. The average Bonchev–Trinajstić information content (AvgIpc) is 3.27. The van der Waals surface area contributed by atoms with E-state index in [1.54, 1.807) is 12.2 Å². The summed E-state index contributed by atoms with van der Waals surface area (Å²) < 4.78 is 74.8. The highest BCUT2D eigenvalue weighted by atomic mass is 19.4. The summed E-state index contributed by atoms with van der Waals surface area (Å²) in [4.78, 5) is 49.8. The van der Waals surface area contributed by atoms with Crippen LogP contribution in [0.5, 0.6) is 0 Å². The predicted molar refractivity (Wildman–Crippen MR) is 135 cm³/mol. The van der Waals surface area contributed by atoms with E-state index in [1.807, 2.05) is 13.8 Å². The molecule has 3 saturated carbocycles. The molecule has 7 atom stereocenters. The number of halogens is 4. The smallest absolute Gasteiger partial charge is 0.453 e. The van der Waals surface area contributed by atoms with Gasteiger partial charge in [-0.1, -0.05) is 25.5 Å². The number of hydrogen-bond donors (Lipinski definition) is 0. The molecule has 0 aromatic heterocycles. The Morgan fingerprint density at radius 2 is 1.76 bits per heavy atom. The molecular weight excluding hydrogens is 552 g/mol. The minimum absolute atomic E-state index is 0.122.